The summed E-state index contributed by atoms with van der Waals surface area (Å²) >= 11 is 0. The predicted molar refractivity (Wildman–Crippen MR) is 171 cm³/mol. The molecule has 0 saturated heterocycles. The molecule has 0 saturated carbocycles. The van der Waals surface area contributed by atoms with Crippen LogP contribution in [-0.2, 0) is 34.3 Å². The van der Waals surface area contributed by atoms with Crippen molar-refractivity contribution < 1.29 is 17.9 Å². The van der Waals surface area contributed by atoms with Gasteiger partial charge in [-0.15, -0.1) is 0 Å². The van der Waals surface area contributed by atoms with Crippen LogP contribution >= 0.6 is 0 Å². The molecule has 43 heavy (non-hydrogen) atoms. The molecule has 0 N–H and O–H groups in total. The Balaban J connectivity index is 1.62. The summed E-state index contributed by atoms with van der Waals surface area (Å²) < 4.78 is 36.1. The first-order valence-corrected chi connectivity index (χ1v) is 15.9. The predicted octanol–water partition coefficient (Wildman–Crippen LogP) is 7.38. The van der Waals surface area contributed by atoms with E-state index < -0.39 is 21.4 Å². The summed E-state index contributed by atoms with van der Waals surface area (Å²) in [6.07, 6.45) is 0.339. The fourth-order valence-electron chi connectivity index (χ4n) is 5.06. The highest BCUT2D eigenvalue weighted by atomic mass is 32.2. The molecule has 5 rings (SSSR count). The summed E-state index contributed by atoms with van der Waals surface area (Å²) in [5.41, 5.74) is 3.44. The molecule has 0 unspecified atom stereocenters. The fraction of sp³-hybridized carbons (Fsp3) is 0.250. The number of carbonyl (C=O) groups is 1. The Morgan fingerprint density at radius 1 is 0.767 bits per heavy atom. The van der Waals surface area contributed by atoms with Gasteiger partial charge in [0.25, 0.3) is 10.0 Å². The monoisotopic (exact) mass is 594 g/mol. The van der Waals surface area contributed by atoms with Gasteiger partial charge in [-0.25, -0.2) is 12.4 Å². The maximum absolute atomic E-state index is 14.3. The topological polar surface area (TPSA) is 68.6 Å². The van der Waals surface area contributed by atoms with Gasteiger partial charge in [-0.3, -0.25) is 9.69 Å². The molecule has 0 aliphatic rings. The number of para-hydroxylation sites is 1. The Morgan fingerprint density at radius 3 is 1.86 bits per heavy atom. The minimum absolute atomic E-state index is 0.180. The summed E-state index contributed by atoms with van der Waals surface area (Å²) in [4.78, 5) is 15.7. The van der Waals surface area contributed by atoms with Crippen LogP contribution in [0.15, 0.2) is 114 Å². The van der Waals surface area contributed by atoms with E-state index in [9.17, 15) is 13.2 Å². The first-order chi connectivity index (χ1) is 20.5. The molecule has 0 aliphatic heterocycles. The van der Waals surface area contributed by atoms with Gasteiger partial charge in [0.1, 0.15) is 0 Å². The summed E-state index contributed by atoms with van der Waals surface area (Å²) in [5.74, 6) is -0.125. The molecule has 0 bridgehead atoms. The Bertz CT molecular complexity index is 1760. The zero-order valence-corrected chi connectivity index (χ0v) is 26.0. The number of benzene rings is 4. The lowest BCUT2D eigenvalue weighted by Crippen LogP contribution is -2.28. The maximum atomic E-state index is 14.3. The molecule has 0 aliphatic carbocycles. The number of aryl methyl sites for hydroxylation is 1. The summed E-state index contributed by atoms with van der Waals surface area (Å²) in [6, 6.07) is 34.5. The highest BCUT2D eigenvalue weighted by Gasteiger charge is 2.32. The van der Waals surface area contributed by atoms with Crippen molar-refractivity contribution in [3.8, 4) is 5.75 Å². The molecule has 0 amide bonds. The van der Waals surface area contributed by atoms with Gasteiger partial charge in [0.15, 0.2) is 5.75 Å². The second-order valence-electron chi connectivity index (χ2n) is 11.9. The van der Waals surface area contributed by atoms with Crippen molar-refractivity contribution in [3.05, 3.63) is 132 Å². The number of hydrogen-bond donors (Lipinski definition) is 0. The van der Waals surface area contributed by atoms with Crippen molar-refractivity contribution in [2.24, 2.45) is 5.41 Å². The average Bonchev–Trinajstić information content (AvgIpc) is 3.30. The molecule has 1 aromatic heterocycles. The van der Waals surface area contributed by atoms with Crippen LogP contribution in [-0.4, -0.2) is 29.8 Å². The third-order valence-electron chi connectivity index (χ3n) is 7.40. The Kier molecular flexibility index (Phi) is 8.85. The van der Waals surface area contributed by atoms with Crippen molar-refractivity contribution in [1.82, 2.24) is 8.87 Å². The van der Waals surface area contributed by atoms with Crippen molar-refractivity contribution in [3.63, 3.8) is 0 Å². The number of aromatic nitrogens is 1. The van der Waals surface area contributed by atoms with Crippen molar-refractivity contribution >= 4 is 26.9 Å². The minimum atomic E-state index is -4.02. The lowest BCUT2D eigenvalue weighted by molar-refractivity contribution is -0.142. The molecule has 4 aromatic carbocycles. The van der Waals surface area contributed by atoms with E-state index in [1.165, 1.54) is 3.97 Å². The molecular weight excluding hydrogens is 556 g/mol. The summed E-state index contributed by atoms with van der Waals surface area (Å²) in [7, 11) is -4.02. The lowest BCUT2D eigenvalue weighted by atomic mass is 9.97. The molecule has 0 radical (unpaired) electrons. The van der Waals surface area contributed by atoms with E-state index in [-0.39, 0.29) is 4.90 Å². The molecule has 1 heterocycles. The van der Waals surface area contributed by atoms with Crippen LogP contribution in [0.4, 0.5) is 0 Å². The number of nitrogens with zero attached hydrogens (tertiary/aromatic N) is 2. The van der Waals surface area contributed by atoms with E-state index >= 15 is 0 Å². The average molecular weight is 595 g/mol. The number of fused-ring (bicyclic) bond motifs is 1. The molecule has 5 aromatic rings. The Morgan fingerprint density at radius 2 is 1.30 bits per heavy atom. The number of hydrogen-bond acceptors (Lipinski definition) is 5. The number of esters is 1. The third-order valence-corrected chi connectivity index (χ3v) is 9.17. The Hall–Kier alpha value is -4.20. The van der Waals surface area contributed by atoms with Gasteiger partial charge >= 0.3 is 5.97 Å². The van der Waals surface area contributed by atoms with E-state index in [2.05, 4.69) is 29.2 Å². The van der Waals surface area contributed by atoms with Crippen molar-refractivity contribution in [1.29, 1.82) is 0 Å². The van der Waals surface area contributed by atoms with Crippen LogP contribution in [0.5, 0.6) is 5.75 Å². The van der Waals surface area contributed by atoms with E-state index in [4.69, 9.17) is 4.74 Å². The number of rotatable bonds is 10. The molecular formula is C36H38N2O4S. The molecule has 0 fully saturated rings. The van der Waals surface area contributed by atoms with E-state index in [1.54, 1.807) is 57.2 Å². The first-order valence-electron chi connectivity index (χ1n) is 14.5. The van der Waals surface area contributed by atoms with E-state index in [1.807, 2.05) is 55.5 Å². The molecule has 6 nitrogen and oxygen atoms in total. The normalized spacial score (nSPS) is 12.1. The van der Waals surface area contributed by atoms with Crippen LogP contribution < -0.4 is 4.74 Å². The van der Waals surface area contributed by atoms with Gasteiger partial charge in [-0.2, -0.15) is 0 Å². The molecule has 7 heteroatoms. The second kappa shape index (κ2) is 12.6. The quantitative estimate of drug-likeness (QED) is 0.158. The van der Waals surface area contributed by atoms with Crippen molar-refractivity contribution in [2.45, 2.75) is 52.1 Å². The first kappa shape index (κ1) is 30.3. The van der Waals surface area contributed by atoms with Gasteiger partial charge in [0.2, 0.25) is 0 Å². The SMILES string of the molecule is Cc1ccc(S(=O)(=O)n2c(CCN(Cc3ccccc3)Cc3ccccc3)c(OC(=O)C(C)(C)C)c3ccccc32)cc1. The van der Waals surface area contributed by atoms with Gasteiger partial charge in [0, 0.05) is 31.4 Å². The van der Waals surface area contributed by atoms with Gasteiger partial charge in [0.05, 0.1) is 21.5 Å². The zero-order valence-electron chi connectivity index (χ0n) is 25.2. The third kappa shape index (κ3) is 6.90. The van der Waals surface area contributed by atoms with Crippen LogP contribution in [0.1, 0.15) is 43.2 Å². The standard InChI is InChI=1S/C36H38N2O4S/c1-27-19-21-30(22-20-27)43(40,41)38-32-18-12-11-17-31(32)34(42-35(39)36(2,3)4)33(38)23-24-37(25-28-13-7-5-8-14-28)26-29-15-9-6-10-16-29/h5-22H,23-26H2,1-4H3. The zero-order chi connectivity index (χ0) is 30.6. The van der Waals surface area contributed by atoms with Crippen molar-refractivity contribution in [2.75, 3.05) is 6.54 Å². The molecule has 0 atom stereocenters. The smallest absolute Gasteiger partial charge is 0.316 e. The summed E-state index contributed by atoms with van der Waals surface area (Å²) in [6.45, 7) is 9.18. The fourth-order valence-corrected chi connectivity index (χ4v) is 6.64. The highest BCUT2D eigenvalue weighted by Crippen LogP contribution is 2.38. The second-order valence-corrected chi connectivity index (χ2v) is 13.7. The van der Waals surface area contributed by atoms with Crippen LogP contribution in [0.2, 0.25) is 0 Å². The van der Waals surface area contributed by atoms with Gasteiger partial charge in [-0.1, -0.05) is 90.5 Å². The largest absolute Gasteiger partial charge is 0.423 e. The lowest BCUT2D eigenvalue weighted by Gasteiger charge is -2.24. The molecule has 0 spiro atoms. The minimum Gasteiger partial charge on any atom is -0.423 e. The van der Waals surface area contributed by atoms with Crippen LogP contribution in [0.3, 0.4) is 0 Å². The van der Waals surface area contributed by atoms with Crippen LogP contribution in [0.25, 0.3) is 10.9 Å². The number of carbonyl (C=O) groups excluding carboxylic acids is 1. The van der Waals surface area contributed by atoms with Crippen LogP contribution in [0, 0.1) is 12.3 Å². The summed E-state index contributed by atoms with van der Waals surface area (Å²) in [5, 5.41) is 0.587. The highest BCUT2D eigenvalue weighted by molar-refractivity contribution is 7.90. The Labute approximate surface area is 254 Å². The maximum Gasteiger partial charge on any atom is 0.316 e. The van der Waals surface area contributed by atoms with E-state index in [0.29, 0.717) is 48.4 Å². The molecule has 222 valence electrons. The number of ether oxygens (including phenoxy) is 1. The van der Waals surface area contributed by atoms with Gasteiger partial charge < -0.3 is 4.74 Å². The van der Waals surface area contributed by atoms with Gasteiger partial charge in [-0.05, 0) is 63.1 Å². The van der Waals surface area contributed by atoms with E-state index in [0.717, 1.165) is 16.7 Å².